The highest BCUT2D eigenvalue weighted by Crippen LogP contribution is 2.29. The Morgan fingerprint density at radius 3 is 2.87 bits per heavy atom. The van der Waals surface area contributed by atoms with E-state index >= 15 is 0 Å². The number of methoxy groups -OCH3 is 1. The molecule has 1 fully saturated rings. The number of rotatable bonds is 3. The van der Waals surface area contributed by atoms with Crippen molar-refractivity contribution >= 4 is 28.5 Å². The second kappa shape index (κ2) is 5.75. The average molecular weight is 315 g/mol. The Balaban J connectivity index is 1.84. The molecule has 0 radical (unpaired) electrons. The van der Waals surface area contributed by atoms with Gasteiger partial charge in [-0.15, -0.1) is 0 Å². The summed E-state index contributed by atoms with van der Waals surface area (Å²) in [5, 5.41) is 7.03. The molecule has 0 saturated carbocycles. The summed E-state index contributed by atoms with van der Waals surface area (Å²) in [4.78, 5) is 28.1. The summed E-state index contributed by atoms with van der Waals surface area (Å²) in [6.07, 6.45) is 2.06. The van der Waals surface area contributed by atoms with Crippen LogP contribution >= 0.6 is 0 Å². The molecule has 1 aliphatic heterocycles. The Hall–Kier alpha value is -2.83. The van der Waals surface area contributed by atoms with Crippen LogP contribution < -0.4 is 15.4 Å². The maximum atomic E-state index is 12.2. The monoisotopic (exact) mass is 315 g/mol. The summed E-state index contributed by atoms with van der Waals surface area (Å²) in [7, 11) is 1.54. The van der Waals surface area contributed by atoms with Crippen LogP contribution in [0.15, 0.2) is 30.5 Å². The number of ether oxygens (including phenoxy) is 2. The number of nitrogens with zero attached hydrogens (tertiary/aromatic N) is 1. The van der Waals surface area contributed by atoms with E-state index in [9.17, 15) is 9.59 Å². The Labute approximate surface area is 133 Å². The van der Waals surface area contributed by atoms with Crippen molar-refractivity contribution in [3.05, 3.63) is 30.5 Å². The molecule has 1 aromatic heterocycles. The first-order chi connectivity index (χ1) is 11.0. The number of nitrogens with one attached hydrogen (secondary N) is 2. The Morgan fingerprint density at radius 1 is 1.35 bits per heavy atom. The zero-order valence-corrected chi connectivity index (χ0v) is 12.9. The number of cyclic esters (lactones) is 1. The SMILES string of the molecule is COc1nccc2c(NC(=O)NC3(C)CCOC3=O)cccc12. The summed E-state index contributed by atoms with van der Waals surface area (Å²) in [6.45, 7) is 1.96. The van der Waals surface area contributed by atoms with Crippen molar-refractivity contribution in [3.63, 3.8) is 0 Å². The predicted molar refractivity (Wildman–Crippen MR) is 84.4 cm³/mol. The molecule has 0 spiro atoms. The van der Waals surface area contributed by atoms with Crippen LogP contribution in [0.3, 0.4) is 0 Å². The number of anilines is 1. The fraction of sp³-hybridized carbons (Fsp3) is 0.312. The fourth-order valence-corrected chi connectivity index (χ4v) is 2.58. The second-order valence-electron chi connectivity index (χ2n) is 5.52. The van der Waals surface area contributed by atoms with Crippen LogP contribution in [0.1, 0.15) is 13.3 Å². The summed E-state index contributed by atoms with van der Waals surface area (Å²) in [6, 6.07) is 6.76. The first kappa shape index (κ1) is 15.1. The molecule has 23 heavy (non-hydrogen) atoms. The number of hydrogen-bond donors (Lipinski definition) is 2. The molecular formula is C16H17N3O4. The number of aromatic nitrogens is 1. The number of benzene rings is 1. The van der Waals surface area contributed by atoms with Crippen LogP contribution in [-0.2, 0) is 9.53 Å². The van der Waals surface area contributed by atoms with Crippen LogP contribution in [0.5, 0.6) is 5.88 Å². The molecule has 1 aromatic carbocycles. The molecule has 120 valence electrons. The van der Waals surface area contributed by atoms with Gasteiger partial charge in [-0.2, -0.15) is 0 Å². The topological polar surface area (TPSA) is 89.6 Å². The van der Waals surface area contributed by atoms with Crippen LogP contribution in [0.25, 0.3) is 10.8 Å². The lowest BCUT2D eigenvalue weighted by Gasteiger charge is -2.21. The van der Waals surface area contributed by atoms with Gasteiger partial charge in [0.2, 0.25) is 5.88 Å². The lowest BCUT2D eigenvalue weighted by atomic mass is 10.0. The Bertz CT molecular complexity index is 777. The molecular weight excluding hydrogens is 298 g/mol. The molecule has 1 atom stereocenters. The van der Waals surface area contributed by atoms with E-state index in [-0.39, 0.29) is 0 Å². The molecule has 2 N–H and O–H groups in total. The van der Waals surface area contributed by atoms with Gasteiger partial charge in [0.05, 0.1) is 19.4 Å². The predicted octanol–water partition coefficient (Wildman–Crippen LogP) is 2.07. The maximum absolute atomic E-state index is 12.2. The minimum absolute atomic E-state index is 0.312. The van der Waals surface area contributed by atoms with E-state index in [1.165, 1.54) is 0 Å². The molecule has 1 unspecified atom stereocenters. The minimum atomic E-state index is -0.992. The number of esters is 1. The number of hydrogen-bond acceptors (Lipinski definition) is 5. The van der Waals surface area contributed by atoms with Gasteiger partial charge in [0.1, 0.15) is 5.54 Å². The number of urea groups is 1. The third-order valence-electron chi connectivity index (χ3n) is 3.89. The molecule has 7 nitrogen and oxygen atoms in total. The lowest BCUT2D eigenvalue weighted by Crippen LogP contribution is -2.51. The van der Waals surface area contributed by atoms with Crippen molar-refractivity contribution in [2.75, 3.05) is 19.0 Å². The van der Waals surface area contributed by atoms with Crippen LogP contribution in [0, 0.1) is 0 Å². The van der Waals surface area contributed by atoms with Gasteiger partial charge in [-0.1, -0.05) is 6.07 Å². The molecule has 2 aromatic rings. The van der Waals surface area contributed by atoms with Crippen molar-refractivity contribution in [2.24, 2.45) is 0 Å². The summed E-state index contributed by atoms with van der Waals surface area (Å²) in [5.74, 6) is 0.0642. The molecule has 7 heteroatoms. The zero-order chi connectivity index (χ0) is 16.4. The minimum Gasteiger partial charge on any atom is -0.481 e. The van der Waals surface area contributed by atoms with Crippen molar-refractivity contribution < 1.29 is 19.1 Å². The van der Waals surface area contributed by atoms with E-state index in [1.807, 2.05) is 6.07 Å². The third kappa shape index (κ3) is 2.77. The number of fused-ring (bicyclic) bond motifs is 1. The quantitative estimate of drug-likeness (QED) is 0.846. The summed E-state index contributed by atoms with van der Waals surface area (Å²) in [5.41, 5.74) is -0.385. The van der Waals surface area contributed by atoms with E-state index < -0.39 is 17.5 Å². The smallest absolute Gasteiger partial charge is 0.331 e. The highest BCUT2D eigenvalue weighted by Gasteiger charge is 2.41. The lowest BCUT2D eigenvalue weighted by molar-refractivity contribution is -0.142. The summed E-state index contributed by atoms with van der Waals surface area (Å²) < 4.78 is 10.1. The third-order valence-corrected chi connectivity index (χ3v) is 3.89. The number of amides is 2. The zero-order valence-electron chi connectivity index (χ0n) is 12.9. The largest absolute Gasteiger partial charge is 0.481 e. The van der Waals surface area contributed by atoms with E-state index in [1.54, 1.807) is 38.4 Å². The van der Waals surface area contributed by atoms with Gasteiger partial charge in [0, 0.05) is 23.4 Å². The average Bonchev–Trinajstić information content (AvgIpc) is 2.85. The molecule has 2 heterocycles. The van der Waals surface area contributed by atoms with Gasteiger partial charge in [-0.05, 0) is 25.1 Å². The van der Waals surface area contributed by atoms with Gasteiger partial charge in [0.25, 0.3) is 0 Å². The van der Waals surface area contributed by atoms with E-state index in [2.05, 4.69) is 15.6 Å². The second-order valence-corrected chi connectivity index (χ2v) is 5.52. The first-order valence-electron chi connectivity index (χ1n) is 7.21. The number of carbonyl (C=O) groups is 2. The van der Waals surface area contributed by atoms with Crippen molar-refractivity contribution in [2.45, 2.75) is 18.9 Å². The molecule has 0 aliphatic carbocycles. The van der Waals surface area contributed by atoms with E-state index in [4.69, 9.17) is 9.47 Å². The molecule has 2 amide bonds. The molecule has 1 aliphatic rings. The maximum Gasteiger partial charge on any atom is 0.331 e. The summed E-state index contributed by atoms with van der Waals surface area (Å²) >= 11 is 0. The van der Waals surface area contributed by atoms with Crippen LogP contribution in [0.4, 0.5) is 10.5 Å². The highest BCUT2D eigenvalue weighted by atomic mass is 16.5. The van der Waals surface area contributed by atoms with Gasteiger partial charge < -0.3 is 20.1 Å². The van der Waals surface area contributed by atoms with Crippen molar-refractivity contribution in [1.29, 1.82) is 0 Å². The van der Waals surface area contributed by atoms with Gasteiger partial charge >= 0.3 is 12.0 Å². The van der Waals surface area contributed by atoms with Crippen molar-refractivity contribution in [1.82, 2.24) is 10.3 Å². The highest BCUT2D eigenvalue weighted by molar-refractivity contribution is 6.04. The Kier molecular flexibility index (Phi) is 3.77. The molecule has 3 rings (SSSR count). The number of pyridine rings is 1. The normalized spacial score (nSPS) is 20.2. The first-order valence-corrected chi connectivity index (χ1v) is 7.21. The van der Waals surface area contributed by atoms with Crippen LogP contribution in [0.2, 0.25) is 0 Å². The van der Waals surface area contributed by atoms with Gasteiger partial charge in [-0.25, -0.2) is 14.6 Å². The van der Waals surface area contributed by atoms with Gasteiger partial charge in [-0.3, -0.25) is 0 Å². The fourth-order valence-electron chi connectivity index (χ4n) is 2.58. The van der Waals surface area contributed by atoms with E-state index in [0.717, 1.165) is 10.8 Å². The van der Waals surface area contributed by atoms with E-state index in [0.29, 0.717) is 24.6 Å². The Morgan fingerprint density at radius 2 is 2.17 bits per heavy atom. The molecule has 1 saturated heterocycles. The standard InChI is InChI=1S/C16H17N3O4/c1-16(7-9-23-14(16)20)19-15(21)18-12-5-3-4-11-10(12)6-8-17-13(11)22-2/h3-6,8H,7,9H2,1-2H3,(H2,18,19,21). The van der Waals surface area contributed by atoms with Crippen LogP contribution in [-0.4, -0.2) is 36.2 Å². The van der Waals surface area contributed by atoms with Crippen molar-refractivity contribution in [3.8, 4) is 5.88 Å². The number of carbonyl (C=O) groups excluding carboxylic acids is 2. The van der Waals surface area contributed by atoms with Gasteiger partial charge in [0.15, 0.2) is 0 Å². The molecule has 0 bridgehead atoms.